The van der Waals surface area contributed by atoms with Gasteiger partial charge in [-0.3, -0.25) is 57.9 Å². The van der Waals surface area contributed by atoms with Crippen molar-refractivity contribution in [1.29, 1.82) is 0 Å². The molecule has 3 heterocycles. The molecule has 29 nitrogen and oxygen atoms in total. The molecule has 2 aliphatic heterocycles. The zero-order valence-corrected chi connectivity index (χ0v) is 62.6. The molecule has 2 saturated heterocycles. The molecule has 34 heteroatoms. The van der Waals surface area contributed by atoms with E-state index in [-0.39, 0.29) is 106 Å². The van der Waals surface area contributed by atoms with E-state index in [4.69, 9.17) is 15.2 Å². The Bertz CT molecular complexity index is 3450. The second-order valence-electron chi connectivity index (χ2n) is 28.3. The number of urea groups is 1. The third kappa shape index (κ3) is 23.8. The lowest BCUT2D eigenvalue weighted by Gasteiger charge is -2.41. The van der Waals surface area contributed by atoms with Crippen LogP contribution in [0, 0.1) is 64.6 Å². The largest absolute Gasteiger partial charge is 0.420 e. The number of amides is 11. The predicted octanol–water partition coefficient (Wildman–Crippen LogP) is 4.52. The number of nitrogens with one attached hydrogen (secondary N) is 8. The molecule has 0 radical (unpaired) electrons. The fourth-order valence-corrected chi connectivity index (χ4v) is 13.5. The number of esters is 1. The molecule has 10 N–H and O–H groups in total. The summed E-state index contributed by atoms with van der Waals surface area (Å²) < 4.78 is 86.3. The van der Waals surface area contributed by atoms with Gasteiger partial charge in [0.2, 0.25) is 88.0 Å². The van der Waals surface area contributed by atoms with Crippen LogP contribution in [0.3, 0.4) is 0 Å². The monoisotopic (exact) mass is 1490 g/mol. The number of carbonyl (C=O) groups is 11. The highest BCUT2D eigenvalue weighted by atomic mass is 19.2. The van der Waals surface area contributed by atoms with Crippen LogP contribution in [0.15, 0.2) is 30.6 Å². The number of carbonyl (C=O) groups excluding carboxylic acids is 11. The normalized spacial score (nSPS) is 18.2. The van der Waals surface area contributed by atoms with Crippen molar-refractivity contribution in [1.82, 2.24) is 66.7 Å². The van der Waals surface area contributed by atoms with Gasteiger partial charge in [-0.15, -0.1) is 0 Å². The SMILES string of the molecule is CC[C@H](C)[C@@H]([C@@H](CC(=O)N1CCC[C@H]1[C@H](OC)[C@@H](C)C(=O)N[C@@H](Cc1ncn[nH]1)C(=O)NCc1ccc(NC(=O)[C@H](CCCNC(N)=O)NC(=O)[C@@H](NC(=O)CCC(=O)N2CCC(C(=O)Oc3c(F)c(F)c(F)c(F)c3F)CC2C)C(C)C)cc1)OC)N(C)C(=O)[C@@H](NC(=O)[C@H](C(C)C)N(C)C)C(C)C. The van der Waals surface area contributed by atoms with Crippen LogP contribution in [0.4, 0.5) is 32.4 Å². The Morgan fingerprint density at radius 3 is 1.88 bits per heavy atom. The number of rotatable bonds is 38. The highest BCUT2D eigenvalue weighted by Crippen LogP contribution is 2.34. The number of aromatic nitrogens is 3. The van der Waals surface area contributed by atoms with E-state index in [1.165, 1.54) is 25.4 Å². The van der Waals surface area contributed by atoms with Crippen LogP contribution in [0.25, 0.3) is 0 Å². The van der Waals surface area contributed by atoms with Crippen LogP contribution in [0.2, 0.25) is 0 Å². The van der Waals surface area contributed by atoms with E-state index < -0.39 is 167 Å². The molecule has 0 aliphatic carbocycles. The van der Waals surface area contributed by atoms with Gasteiger partial charge < -0.3 is 71.9 Å². The van der Waals surface area contributed by atoms with Gasteiger partial charge in [-0.05, 0) is 101 Å². The van der Waals surface area contributed by atoms with Gasteiger partial charge >= 0.3 is 12.0 Å². The summed E-state index contributed by atoms with van der Waals surface area (Å²) in [5.41, 5.74) is 6.09. The third-order valence-corrected chi connectivity index (χ3v) is 19.5. The Morgan fingerprint density at radius 1 is 0.695 bits per heavy atom. The number of aromatic amines is 1. The second-order valence-corrected chi connectivity index (χ2v) is 28.3. The number of nitrogens with zero attached hydrogens (tertiary/aromatic N) is 6. The maximum Gasteiger partial charge on any atom is 0.314 e. The first-order chi connectivity index (χ1) is 49.5. The van der Waals surface area contributed by atoms with Crippen molar-refractivity contribution in [2.45, 2.75) is 207 Å². The van der Waals surface area contributed by atoms with Crippen molar-refractivity contribution in [3.8, 4) is 5.75 Å². The summed E-state index contributed by atoms with van der Waals surface area (Å²) in [5, 5.41) is 25.8. The number of piperidine rings is 1. The summed E-state index contributed by atoms with van der Waals surface area (Å²) >= 11 is 0. The highest BCUT2D eigenvalue weighted by Gasteiger charge is 2.45. The first-order valence-corrected chi connectivity index (χ1v) is 35.5. The van der Waals surface area contributed by atoms with Crippen LogP contribution in [-0.2, 0) is 70.4 Å². The quantitative estimate of drug-likeness (QED) is 0.00951. The lowest BCUT2D eigenvalue weighted by molar-refractivity contribution is -0.148. The molecule has 2 aromatic carbocycles. The van der Waals surface area contributed by atoms with Crippen molar-refractivity contribution in [3.05, 3.63) is 71.1 Å². The molecule has 0 spiro atoms. The molecule has 13 atom stereocenters. The number of primary amides is 1. The lowest BCUT2D eigenvalue weighted by atomic mass is 9.89. The molecular formula is C71H106F5N15O14. The maximum atomic E-state index is 14.6. The molecule has 584 valence electrons. The fourth-order valence-electron chi connectivity index (χ4n) is 13.5. The Balaban J connectivity index is 1.19. The minimum absolute atomic E-state index is 0.0203. The molecule has 11 amide bonds. The molecule has 5 rings (SSSR count). The van der Waals surface area contributed by atoms with Gasteiger partial charge in [-0.2, -0.15) is 13.9 Å². The van der Waals surface area contributed by atoms with Gasteiger partial charge in [0, 0.05) is 78.4 Å². The number of anilines is 1. The minimum atomic E-state index is -2.42. The first kappa shape index (κ1) is 86.7. The summed E-state index contributed by atoms with van der Waals surface area (Å²) in [6.45, 7) is 18.3. The number of ether oxygens (including phenoxy) is 3. The number of likely N-dealkylation sites (N-methyl/N-ethyl adjacent to an activating group) is 2. The minimum Gasteiger partial charge on any atom is -0.420 e. The number of benzene rings is 2. The molecule has 2 unspecified atom stereocenters. The van der Waals surface area contributed by atoms with Crippen molar-refractivity contribution in [2.75, 3.05) is 60.3 Å². The smallest absolute Gasteiger partial charge is 0.314 e. The Morgan fingerprint density at radius 2 is 1.32 bits per heavy atom. The van der Waals surface area contributed by atoms with Crippen LogP contribution in [0.1, 0.15) is 145 Å². The standard InChI is InChI=1S/C71H106F5N15O14/c1-16-39(8)61(89(13)69(100)59(37(4)5)86-68(99)60(38(6)7)88(11)12)48(103-14)33-52(94)91-29-18-20-47(91)62(104-15)41(10)64(95)84-46(32-49-80-35-81-87-49)65(96)79-34-42-21-23-44(24-22-42)82-66(97)45(19-17-28-78-71(77)102)83-67(98)58(36(2)3)85-50(92)25-26-51(93)90-30-27-43(31-40(90)9)70(101)105-63-56(75)54(73)53(72)55(74)57(63)76/h21-24,35-41,43,45-48,58-62H,16-20,25-34H2,1-15H3,(H,79,96)(H,82,97)(H,83,98)(H,84,95)(H,85,92)(H,86,99)(H3,77,78,102)(H,80,81,87)/t39-,40?,41+,43?,45-,46-,47-,48+,58-,59-,60-,61-,62+/m0/s1. The van der Waals surface area contributed by atoms with Crippen molar-refractivity contribution < 1.29 is 88.9 Å². The highest BCUT2D eigenvalue weighted by molar-refractivity contribution is 5.99. The molecular weight excluding hydrogens is 1380 g/mol. The van der Waals surface area contributed by atoms with Crippen LogP contribution in [0.5, 0.6) is 5.75 Å². The van der Waals surface area contributed by atoms with Gasteiger partial charge in [0.15, 0.2) is 0 Å². The Hall–Kier alpha value is -8.92. The zero-order chi connectivity index (χ0) is 78.4. The van der Waals surface area contributed by atoms with Crippen LogP contribution >= 0.6 is 0 Å². The average molecular weight is 1490 g/mol. The molecule has 2 fully saturated rings. The van der Waals surface area contributed by atoms with Gasteiger partial charge in [0.25, 0.3) is 0 Å². The fraction of sp³-hybridized carbons (Fsp3) is 0.648. The number of methoxy groups -OCH3 is 2. The van der Waals surface area contributed by atoms with Gasteiger partial charge in [0.05, 0.1) is 48.6 Å². The van der Waals surface area contributed by atoms with Crippen molar-refractivity contribution >= 4 is 70.9 Å². The number of H-pyrrole nitrogens is 1. The van der Waals surface area contributed by atoms with E-state index in [1.807, 2.05) is 60.5 Å². The zero-order valence-electron chi connectivity index (χ0n) is 62.6. The van der Waals surface area contributed by atoms with Gasteiger partial charge in [0.1, 0.15) is 36.3 Å². The summed E-state index contributed by atoms with van der Waals surface area (Å²) in [4.78, 5) is 161. The van der Waals surface area contributed by atoms with E-state index in [0.29, 0.717) is 37.2 Å². The third-order valence-electron chi connectivity index (χ3n) is 19.5. The van der Waals surface area contributed by atoms with E-state index in [0.717, 1.165) is 0 Å². The summed E-state index contributed by atoms with van der Waals surface area (Å²) in [6.07, 6.45) is 0.368. The van der Waals surface area contributed by atoms with Crippen molar-refractivity contribution in [3.63, 3.8) is 0 Å². The molecule has 3 aromatic rings. The molecule has 0 saturated carbocycles. The Labute approximate surface area is 609 Å². The second kappa shape index (κ2) is 40.5. The van der Waals surface area contributed by atoms with Gasteiger partial charge in [-0.25, -0.2) is 22.9 Å². The number of hydrogen-bond donors (Lipinski definition) is 9. The molecule has 0 bridgehead atoms. The van der Waals surface area contributed by atoms with Crippen molar-refractivity contribution in [2.24, 2.45) is 41.2 Å². The summed E-state index contributed by atoms with van der Waals surface area (Å²) in [5.74, 6) is -22.0. The molecule has 1 aromatic heterocycles. The first-order valence-electron chi connectivity index (χ1n) is 35.5. The van der Waals surface area contributed by atoms with E-state index in [2.05, 4.69) is 57.1 Å². The average Bonchev–Trinajstić information content (AvgIpc) is 1.20. The molecule has 105 heavy (non-hydrogen) atoms. The van der Waals surface area contributed by atoms with Gasteiger partial charge in [-0.1, -0.05) is 80.9 Å². The maximum absolute atomic E-state index is 14.6. The summed E-state index contributed by atoms with van der Waals surface area (Å²) in [7, 11) is 8.26. The number of likely N-dealkylation sites (tertiary alicyclic amines) is 2. The van der Waals surface area contributed by atoms with E-state index in [1.54, 1.807) is 68.8 Å². The van der Waals surface area contributed by atoms with E-state index >= 15 is 0 Å². The lowest BCUT2D eigenvalue weighted by Crippen LogP contribution is -2.59. The topological polar surface area (TPSA) is 380 Å². The predicted molar refractivity (Wildman–Crippen MR) is 375 cm³/mol. The number of nitrogens with two attached hydrogens (primary N) is 1. The van der Waals surface area contributed by atoms with Crippen LogP contribution in [-0.4, -0.2) is 215 Å². The molecule has 2 aliphatic rings. The van der Waals surface area contributed by atoms with Crippen LogP contribution < -0.4 is 47.7 Å². The number of hydrogen-bond acceptors (Lipinski definition) is 17. The number of halogens is 5. The summed E-state index contributed by atoms with van der Waals surface area (Å²) in [6, 6.07) is -1.31. The van der Waals surface area contributed by atoms with E-state index in [9.17, 15) is 74.7 Å². The Kier molecular flexibility index (Phi) is 33.5.